The highest BCUT2D eigenvalue weighted by Gasteiger charge is 2.13. The molecule has 1 heteroatoms. The van der Waals surface area contributed by atoms with E-state index in [0.717, 1.165) is 29.9 Å². The van der Waals surface area contributed by atoms with Crippen LogP contribution in [-0.2, 0) is 6.42 Å². The molecular weight excluding hydrogens is 458 g/mol. The SMILES string of the molecule is C/C=C\C(=C/C)c1ccc(N(c2ccc(C/C=C\C=C/CC)cc2)c2ccc(-c3ccccc3)cc2)cc1. The van der Waals surface area contributed by atoms with Crippen LogP contribution in [0.3, 0.4) is 0 Å². The van der Waals surface area contributed by atoms with E-state index in [1.54, 1.807) is 0 Å². The average Bonchev–Trinajstić information content (AvgIpc) is 2.98. The van der Waals surface area contributed by atoms with E-state index in [1.807, 2.05) is 0 Å². The van der Waals surface area contributed by atoms with Crippen LogP contribution in [0.2, 0.25) is 0 Å². The van der Waals surface area contributed by atoms with Gasteiger partial charge in [0.05, 0.1) is 0 Å². The molecule has 0 bridgehead atoms. The summed E-state index contributed by atoms with van der Waals surface area (Å²) in [6, 6.07) is 37.1. The predicted molar refractivity (Wildman–Crippen MR) is 167 cm³/mol. The van der Waals surface area contributed by atoms with E-state index < -0.39 is 0 Å². The fraction of sp³-hybridized carbons (Fsp3) is 0.135. The molecule has 0 aliphatic heterocycles. The first kappa shape index (κ1) is 26.7. The van der Waals surface area contributed by atoms with Crippen molar-refractivity contribution < 1.29 is 0 Å². The van der Waals surface area contributed by atoms with Crippen molar-refractivity contribution in [3.63, 3.8) is 0 Å². The van der Waals surface area contributed by atoms with Crippen LogP contribution in [0.1, 0.15) is 38.3 Å². The molecule has 0 saturated heterocycles. The first-order valence-corrected chi connectivity index (χ1v) is 13.5. The Morgan fingerprint density at radius 2 is 1.18 bits per heavy atom. The molecule has 4 rings (SSSR count). The van der Waals surface area contributed by atoms with Crippen LogP contribution in [0.5, 0.6) is 0 Å². The van der Waals surface area contributed by atoms with Gasteiger partial charge in [0, 0.05) is 17.1 Å². The maximum absolute atomic E-state index is 2.33. The summed E-state index contributed by atoms with van der Waals surface area (Å²) in [5.74, 6) is 0. The van der Waals surface area contributed by atoms with Crippen molar-refractivity contribution in [2.24, 2.45) is 0 Å². The third kappa shape index (κ3) is 6.89. The molecule has 190 valence electrons. The highest BCUT2D eigenvalue weighted by atomic mass is 15.1. The molecule has 0 radical (unpaired) electrons. The second kappa shape index (κ2) is 13.8. The Balaban J connectivity index is 1.67. The van der Waals surface area contributed by atoms with Crippen LogP contribution in [0.15, 0.2) is 146 Å². The van der Waals surface area contributed by atoms with Gasteiger partial charge in [-0.15, -0.1) is 0 Å². The van der Waals surface area contributed by atoms with Crippen LogP contribution >= 0.6 is 0 Å². The minimum Gasteiger partial charge on any atom is -0.311 e. The van der Waals surface area contributed by atoms with Gasteiger partial charge in [0.1, 0.15) is 0 Å². The lowest BCUT2D eigenvalue weighted by Crippen LogP contribution is -2.10. The highest BCUT2D eigenvalue weighted by molar-refractivity contribution is 5.80. The summed E-state index contributed by atoms with van der Waals surface area (Å²) in [5, 5.41) is 0. The summed E-state index contributed by atoms with van der Waals surface area (Å²) in [5.41, 5.74) is 9.59. The Labute approximate surface area is 228 Å². The van der Waals surface area contributed by atoms with Gasteiger partial charge in [-0.25, -0.2) is 0 Å². The Bertz CT molecular complexity index is 1380. The number of hydrogen-bond donors (Lipinski definition) is 0. The Kier molecular flexibility index (Phi) is 9.70. The Hall–Kier alpha value is -4.36. The lowest BCUT2D eigenvalue weighted by molar-refractivity contribution is 1.22. The monoisotopic (exact) mass is 495 g/mol. The van der Waals surface area contributed by atoms with Crippen molar-refractivity contribution in [2.75, 3.05) is 4.90 Å². The maximum atomic E-state index is 2.33. The fourth-order valence-corrected chi connectivity index (χ4v) is 4.50. The summed E-state index contributed by atoms with van der Waals surface area (Å²) in [6.45, 7) is 6.29. The summed E-state index contributed by atoms with van der Waals surface area (Å²) >= 11 is 0. The van der Waals surface area contributed by atoms with Gasteiger partial charge in [0.15, 0.2) is 0 Å². The minimum absolute atomic E-state index is 0.922. The van der Waals surface area contributed by atoms with Crippen molar-refractivity contribution >= 4 is 22.6 Å². The van der Waals surface area contributed by atoms with E-state index in [0.29, 0.717) is 0 Å². The smallest absolute Gasteiger partial charge is 0.0462 e. The molecule has 0 aliphatic rings. The van der Waals surface area contributed by atoms with E-state index in [4.69, 9.17) is 0 Å². The predicted octanol–water partition coefficient (Wildman–Crippen LogP) is 10.9. The fourth-order valence-electron chi connectivity index (χ4n) is 4.50. The Morgan fingerprint density at radius 1 is 0.632 bits per heavy atom. The normalized spacial score (nSPS) is 12.1. The Morgan fingerprint density at radius 3 is 1.76 bits per heavy atom. The van der Waals surface area contributed by atoms with Crippen molar-refractivity contribution in [1.82, 2.24) is 0 Å². The van der Waals surface area contributed by atoms with E-state index >= 15 is 0 Å². The van der Waals surface area contributed by atoms with Crippen LogP contribution in [0.25, 0.3) is 16.7 Å². The molecule has 0 heterocycles. The third-order valence-corrected chi connectivity index (χ3v) is 6.52. The quantitative estimate of drug-likeness (QED) is 0.198. The first-order valence-electron chi connectivity index (χ1n) is 13.5. The second-order valence-corrected chi connectivity index (χ2v) is 9.17. The number of nitrogens with zero attached hydrogens (tertiary/aromatic N) is 1. The summed E-state index contributed by atoms with van der Waals surface area (Å²) < 4.78 is 0. The molecule has 0 spiro atoms. The summed E-state index contributed by atoms with van der Waals surface area (Å²) in [4.78, 5) is 2.33. The van der Waals surface area contributed by atoms with Gasteiger partial charge in [-0.05, 0) is 90.9 Å². The average molecular weight is 496 g/mol. The molecule has 0 saturated carbocycles. The van der Waals surface area contributed by atoms with Crippen molar-refractivity contribution in [1.29, 1.82) is 0 Å². The molecular formula is C37H37N. The molecule has 0 aliphatic carbocycles. The van der Waals surface area contributed by atoms with E-state index in [9.17, 15) is 0 Å². The topological polar surface area (TPSA) is 3.24 Å². The molecule has 1 nitrogen and oxygen atoms in total. The van der Waals surface area contributed by atoms with Gasteiger partial charge in [0.2, 0.25) is 0 Å². The van der Waals surface area contributed by atoms with Gasteiger partial charge in [-0.2, -0.15) is 0 Å². The zero-order valence-electron chi connectivity index (χ0n) is 22.7. The molecule has 0 fully saturated rings. The van der Waals surface area contributed by atoms with Crippen LogP contribution in [0.4, 0.5) is 17.1 Å². The van der Waals surface area contributed by atoms with E-state index in [-0.39, 0.29) is 0 Å². The molecule has 0 unspecified atom stereocenters. The largest absolute Gasteiger partial charge is 0.311 e. The first-order chi connectivity index (χ1) is 18.7. The lowest BCUT2D eigenvalue weighted by atomic mass is 10.0. The van der Waals surface area contributed by atoms with Crippen molar-refractivity contribution in [3.8, 4) is 11.1 Å². The van der Waals surface area contributed by atoms with Crippen LogP contribution in [-0.4, -0.2) is 0 Å². The number of allylic oxidation sites excluding steroid dienone is 8. The summed E-state index contributed by atoms with van der Waals surface area (Å²) in [7, 11) is 0. The lowest BCUT2D eigenvalue weighted by Gasteiger charge is -2.26. The molecule has 0 atom stereocenters. The number of anilines is 3. The maximum Gasteiger partial charge on any atom is 0.0462 e. The third-order valence-electron chi connectivity index (χ3n) is 6.52. The van der Waals surface area contributed by atoms with Gasteiger partial charge in [-0.3, -0.25) is 0 Å². The number of rotatable bonds is 10. The van der Waals surface area contributed by atoms with Gasteiger partial charge in [0.25, 0.3) is 0 Å². The highest BCUT2D eigenvalue weighted by Crippen LogP contribution is 2.36. The van der Waals surface area contributed by atoms with Gasteiger partial charge >= 0.3 is 0 Å². The standard InChI is InChI=1S/C37H37N/c1-4-7-8-9-11-15-30-18-24-35(25-19-30)38(36-26-20-33(21-27-36)31(6-3)14-5-2)37-28-22-34(23-29-37)32-16-12-10-13-17-32/h5-14,16-29H,4,15H2,1-3H3/b8-7-,11-9-,14-5-,31-6+. The zero-order valence-corrected chi connectivity index (χ0v) is 22.7. The minimum atomic E-state index is 0.922. The molecule has 0 amide bonds. The molecule has 4 aromatic carbocycles. The van der Waals surface area contributed by atoms with Gasteiger partial charge < -0.3 is 4.90 Å². The number of benzene rings is 4. The number of hydrogen-bond acceptors (Lipinski definition) is 1. The summed E-state index contributed by atoms with van der Waals surface area (Å²) in [6.07, 6.45) is 17.0. The van der Waals surface area contributed by atoms with Crippen LogP contribution in [0, 0.1) is 0 Å². The van der Waals surface area contributed by atoms with Gasteiger partial charge in [-0.1, -0.05) is 116 Å². The van der Waals surface area contributed by atoms with E-state index in [2.05, 4.69) is 171 Å². The van der Waals surface area contributed by atoms with Crippen LogP contribution < -0.4 is 4.90 Å². The molecule has 38 heavy (non-hydrogen) atoms. The molecule has 0 aromatic heterocycles. The molecule has 4 aromatic rings. The van der Waals surface area contributed by atoms with Crippen molar-refractivity contribution in [3.05, 3.63) is 157 Å². The zero-order chi connectivity index (χ0) is 26.6. The van der Waals surface area contributed by atoms with Crippen molar-refractivity contribution in [2.45, 2.75) is 33.6 Å². The molecule has 0 N–H and O–H groups in total. The van der Waals surface area contributed by atoms with E-state index in [1.165, 1.54) is 27.8 Å². The second-order valence-electron chi connectivity index (χ2n) is 9.17.